The Labute approximate surface area is 176 Å². The first kappa shape index (κ1) is 20.5. The second-order valence-corrected chi connectivity index (χ2v) is 8.28. The largest absolute Gasteiger partial charge is 0.381 e. The minimum Gasteiger partial charge on any atom is -0.381 e. The zero-order valence-electron chi connectivity index (χ0n) is 17.1. The van der Waals surface area contributed by atoms with Crippen molar-refractivity contribution in [3.05, 3.63) is 34.9 Å². The second-order valence-electron chi connectivity index (χ2n) is 8.28. The fraction of sp³-hybridized carbons (Fsp3) is 0.565. The van der Waals surface area contributed by atoms with Crippen LogP contribution in [0, 0.1) is 11.3 Å². The van der Waals surface area contributed by atoms with Crippen LogP contribution in [0.2, 0.25) is 0 Å². The average molecular weight is 409 g/mol. The highest BCUT2D eigenvalue weighted by atomic mass is 16.5. The van der Waals surface area contributed by atoms with Crippen molar-refractivity contribution < 1.29 is 19.1 Å². The van der Waals surface area contributed by atoms with Crippen LogP contribution < -0.4 is 0 Å². The number of nitriles is 1. The van der Waals surface area contributed by atoms with Gasteiger partial charge in [0.05, 0.1) is 23.6 Å². The molecular weight excluding hydrogens is 382 g/mol. The van der Waals surface area contributed by atoms with Gasteiger partial charge in [0.15, 0.2) is 0 Å². The Morgan fingerprint density at radius 2 is 1.77 bits per heavy atom. The smallest absolute Gasteiger partial charge is 0.261 e. The van der Waals surface area contributed by atoms with Crippen LogP contribution in [-0.2, 0) is 4.74 Å². The molecule has 0 N–H and O–H groups in total. The summed E-state index contributed by atoms with van der Waals surface area (Å²) in [7, 11) is 0. The SMILES string of the molecule is N#CCCN(C(=O)c1ccc2c(c1)C(=O)N(C1CCCCC1)C2=O)C1CCOCC1. The zero-order valence-corrected chi connectivity index (χ0v) is 17.1. The first-order valence-corrected chi connectivity index (χ1v) is 10.9. The zero-order chi connectivity index (χ0) is 21.1. The molecule has 0 radical (unpaired) electrons. The number of hydrogen-bond acceptors (Lipinski definition) is 5. The molecule has 0 aromatic heterocycles. The second kappa shape index (κ2) is 8.97. The summed E-state index contributed by atoms with van der Waals surface area (Å²) in [6.45, 7) is 1.53. The predicted molar refractivity (Wildman–Crippen MR) is 109 cm³/mol. The summed E-state index contributed by atoms with van der Waals surface area (Å²) in [4.78, 5) is 42.3. The van der Waals surface area contributed by atoms with Gasteiger partial charge in [-0.25, -0.2) is 0 Å². The monoisotopic (exact) mass is 409 g/mol. The van der Waals surface area contributed by atoms with Crippen molar-refractivity contribution in [1.82, 2.24) is 9.80 Å². The van der Waals surface area contributed by atoms with Gasteiger partial charge in [-0.15, -0.1) is 0 Å². The van der Waals surface area contributed by atoms with Gasteiger partial charge >= 0.3 is 0 Å². The third kappa shape index (κ3) is 3.84. The van der Waals surface area contributed by atoms with Gasteiger partial charge in [-0.05, 0) is 43.9 Å². The van der Waals surface area contributed by atoms with Crippen LogP contribution in [0.1, 0.15) is 82.4 Å². The van der Waals surface area contributed by atoms with Crippen molar-refractivity contribution in [3.63, 3.8) is 0 Å². The molecule has 2 fully saturated rings. The van der Waals surface area contributed by atoms with Gasteiger partial charge in [0.1, 0.15) is 0 Å². The summed E-state index contributed by atoms with van der Waals surface area (Å²) in [5.74, 6) is -0.728. The van der Waals surface area contributed by atoms with E-state index < -0.39 is 0 Å². The van der Waals surface area contributed by atoms with Gasteiger partial charge < -0.3 is 9.64 Å². The van der Waals surface area contributed by atoms with Crippen molar-refractivity contribution in [1.29, 1.82) is 5.26 Å². The molecule has 0 unspecified atom stereocenters. The minimum absolute atomic E-state index is 0.0175. The maximum Gasteiger partial charge on any atom is 0.261 e. The molecule has 1 saturated heterocycles. The first-order chi connectivity index (χ1) is 14.6. The normalized spacial score (nSPS) is 20.2. The number of amides is 3. The molecule has 3 amide bonds. The third-order valence-corrected chi connectivity index (χ3v) is 6.46. The van der Waals surface area contributed by atoms with E-state index in [4.69, 9.17) is 10.00 Å². The lowest BCUT2D eigenvalue weighted by Crippen LogP contribution is -2.44. The number of fused-ring (bicyclic) bond motifs is 1. The van der Waals surface area contributed by atoms with E-state index in [1.807, 2.05) is 0 Å². The Hall–Kier alpha value is -2.72. The maximum atomic E-state index is 13.3. The molecule has 0 atom stereocenters. The standard InChI is InChI=1S/C23H27N3O4/c24-11-4-12-25(17-9-13-30-14-10-17)21(27)16-7-8-19-20(15-16)23(29)26(22(19)28)18-5-2-1-3-6-18/h7-8,15,17-18H,1-6,9-10,12-14H2. The van der Waals surface area contributed by atoms with Crippen LogP contribution in [-0.4, -0.2) is 59.4 Å². The number of carbonyl (C=O) groups is 3. The number of hydrogen-bond donors (Lipinski definition) is 0. The van der Waals surface area contributed by atoms with Crippen molar-refractivity contribution in [2.45, 2.75) is 63.5 Å². The fourth-order valence-electron chi connectivity index (χ4n) is 4.85. The molecule has 0 bridgehead atoms. The highest BCUT2D eigenvalue weighted by Crippen LogP contribution is 2.32. The summed E-state index contributed by atoms with van der Waals surface area (Å²) in [6.07, 6.45) is 6.61. The molecule has 2 aliphatic heterocycles. The number of imide groups is 1. The van der Waals surface area contributed by atoms with Crippen molar-refractivity contribution in [2.24, 2.45) is 0 Å². The Morgan fingerprint density at radius 1 is 1.07 bits per heavy atom. The van der Waals surface area contributed by atoms with Crippen molar-refractivity contribution in [3.8, 4) is 6.07 Å². The molecule has 7 heteroatoms. The molecule has 0 spiro atoms. The summed E-state index contributed by atoms with van der Waals surface area (Å²) >= 11 is 0. The van der Waals surface area contributed by atoms with E-state index in [2.05, 4.69) is 6.07 Å². The topological polar surface area (TPSA) is 90.7 Å². The lowest BCUT2D eigenvalue weighted by atomic mass is 9.94. The van der Waals surface area contributed by atoms with Gasteiger partial charge in [0.2, 0.25) is 0 Å². The molecular formula is C23H27N3O4. The fourth-order valence-corrected chi connectivity index (χ4v) is 4.85. The van der Waals surface area contributed by atoms with Crippen LogP contribution in [0.15, 0.2) is 18.2 Å². The quantitative estimate of drug-likeness (QED) is 0.697. The number of ether oxygens (including phenoxy) is 1. The minimum atomic E-state index is -0.286. The first-order valence-electron chi connectivity index (χ1n) is 10.9. The van der Waals surface area contributed by atoms with E-state index >= 15 is 0 Å². The van der Waals surface area contributed by atoms with Gasteiger partial charge in [-0.1, -0.05) is 19.3 Å². The molecule has 1 aliphatic carbocycles. The van der Waals surface area contributed by atoms with Crippen LogP contribution in [0.3, 0.4) is 0 Å². The molecule has 30 heavy (non-hydrogen) atoms. The molecule has 3 aliphatic rings. The van der Waals surface area contributed by atoms with Crippen LogP contribution >= 0.6 is 0 Å². The van der Waals surface area contributed by atoms with E-state index in [-0.39, 0.29) is 36.2 Å². The predicted octanol–water partition coefficient (Wildman–Crippen LogP) is 3.15. The van der Waals surface area contributed by atoms with E-state index in [1.54, 1.807) is 23.1 Å². The van der Waals surface area contributed by atoms with Crippen LogP contribution in [0.25, 0.3) is 0 Å². The Balaban J connectivity index is 1.58. The Kier molecular flexibility index (Phi) is 6.14. The molecule has 1 saturated carbocycles. The molecule has 7 nitrogen and oxygen atoms in total. The molecule has 158 valence electrons. The van der Waals surface area contributed by atoms with E-state index in [1.165, 1.54) is 4.90 Å². The van der Waals surface area contributed by atoms with Crippen LogP contribution in [0.4, 0.5) is 0 Å². The van der Waals surface area contributed by atoms with E-state index in [0.29, 0.717) is 36.4 Å². The summed E-state index contributed by atoms with van der Waals surface area (Å²) in [6, 6.07) is 6.90. The Bertz CT molecular complexity index is 879. The van der Waals surface area contributed by atoms with E-state index in [0.717, 1.165) is 44.9 Å². The molecule has 2 heterocycles. The third-order valence-electron chi connectivity index (χ3n) is 6.46. The highest BCUT2D eigenvalue weighted by molar-refractivity contribution is 6.22. The van der Waals surface area contributed by atoms with Gasteiger partial charge in [-0.3, -0.25) is 19.3 Å². The lowest BCUT2D eigenvalue weighted by Gasteiger charge is -2.34. The number of benzene rings is 1. The number of rotatable bonds is 5. The molecule has 4 rings (SSSR count). The van der Waals surface area contributed by atoms with Crippen molar-refractivity contribution >= 4 is 17.7 Å². The molecule has 1 aromatic carbocycles. The van der Waals surface area contributed by atoms with Gasteiger partial charge in [0, 0.05) is 37.4 Å². The summed E-state index contributed by atoms with van der Waals surface area (Å²) < 4.78 is 5.40. The summed E-state index contributed by atoms with van der Waals surface area (Å²) in [5.41, 5.74) is 1.10. The number of carbonyl (C=O) groups excluding carboxylic acids is 3. The average Bonchev–Trinajstić information content (AvgIpc) is 3.04. The maximum absolute atomic E-state index is 13.3. The highest BCUT2D eigenvalue weighted by Gasteiger charge is 2.40. The lowest BCUT2D eigenvalue weighted by molar-refractivity contribution is 0.0296. The number of nitrogens with zero attached hydrogens (tertiary/aromatic N) is 3. The van der Waals surface area contributed by atoms with E-state index in [9.17, 15) is 14.4 Å². The molecule has 1 aromatic rings. The van der Waals surface area contributed by atoms with Gasteiger partial charge in [0.25, 0.3) is 17.7 Å². The van der Waals surface area contributed by atoms with Crippen molar-refractivity contribution in [2.75, 3.05) is 19.8 Å². The van der Waals surface area contributed by atoms with Gasteiger partial charge in [-0.2, -0.15) is 5.26 Å². The van der Waals surface area contributed by atoms with Crippen LogP contribution in [0.5, 0.6) is 0 Å². The Morgan fingerprint density at radius 3 is 2.47 bits per heavy atom. The summed E-state index contributed by atoms with van der Waals surface area (Å²) in [5, 5.41) is 9.01.